The van der Waals surface area contributed by atoms with E-state index in [9.17, 15) is 14.4 Å². The van der Waals surface area contributed by atoms with Gasteiger partial charge in [0.1, 0.15) is 13.2 Å². The molecule has 0 aliphatic heterocycles. The summed E-state index contributed by atoms with van der Waals surface area (Å²) in [6, 6.07) is 0. The Kier molecular flexibility index (Phi) is 45.1. The molecule has 0 rings (SSSR count). The average Bonchev–Trinajstić information content (AvgIpc) is 3.26. The molecule has 0 aromatic carbocycles. The Bertz CT molecular complexity index is 1340. The van der Waals surface area contributed by atoms with Crippen LogP contribution in [-0.2, 0) is 28.6 Å². The van der Waals surface area contributed by atoms with Gasteiger partial charge in [-0.3, -0.25) is 14.4 Å². The summed E-state index contributed by atoms with van der Waals surface area (Å²) in [5.41, 5.74) is 0. The number of carbonyl (C=O) groups excluding carboxylic acids is 3. The maximum Gasteiger partial charge on any atom is 0.306 e. The second kappa shape index (κ2) is 48.5. The van der Waals surface area contributed by atoms with Gasteiger partial charge in [0.15, 0.2) is 6.10 Å². The Balaban J connectivity index is 4.50. The van der Waals surface area contributed by atoms with Crippen LogP contribution in [0.3, 0.4) is 0 Å². The van der Waals surface area contributed by atoms with Crippen molar-refractivity contribution < 1.29 is 28.6 Å². The van der Waals surface area contributed by atoms with E-state index in [-0.39, 0.29) is 31.1 Å². The molecule has 0 spiro atoms. The molecule has 61 heavy (non-hydrogen) atoms. The summed E-state index contributed by atoms with van der Waals surface area (Å²) in [4.78, 5) is 37.9. The van der Waals surface area contributed by atoms with Crippen LogP contribution in [0, 0.1) is 0 Å². The molecule has 0 aliphatic carbocycles. The van der Waals surface area contributed by atoms with E-state index in [1.807, 2.05) is 42.5 Å². The maximum atomic E-state index is 12.8. The monoisotopic (exact) mass is 843 g/mol. The molecular weight excluding hydrogens is 757 g/mol. The summed E-state index contributed by atoms with van der Waals surface area (Å²) < 4.78 is 16.7. The first-order valence-corrected chi connectivity index (χ1v) is 24.1. The minimum absolute atomic E-state index is 0.107. The Labute approximate surface area is 373 Å². The van der Waals surface area contributed by atoms with E-state index in [1.54, 1.807) is 0 Å². The normalized spacial score (nSPS) is 13.2. The molecule has 0 saturated carbocycles. The molecule has 0 aromatic rings. The second-order valence-corrected chi connectivity index (χ2v) is 15.4. The summed E-state index contributed by atoms with van der Waals surface area (Å²) in [6.45, 7) is 6.22. The lowest BCUT2D eigenvalue weighted by atomic mass is 10.1. The zero-order valence-electron chi connectivity index (χ0n) is 38.9. The molecule has 0 aliphatic rings. The summed E-state index contributed by atoms with van der Waals surface area (Å²) in [5, 5.41) is 0. The molecular formula is C55H86O6. The van der Waals surface area contributed by atoms with Crippen LogP contribution < -0.4 is 0 Å². The lowest BCUT2D eigenvalue weighted by Gasteiger charge is -2.18. The Morgan fingerprint density at radius 1 is 0.361 bits per heavy atom. The number of hydrogen-bond donors (Lipinski definition) is 0. The van der Waals surface area contributed by atoms with Crippen molar-refractivity contribution in [2.24, 2.45) is 0 Å². The fourth-order valence-corrected chi connectivity index (χ4v) is 6.04. The predicted octanol–water partition coefficient (Wildman–Crippen LogP) is 15.7. The highest BCUT2D eigenvalue weighted by Crippen LogP contribution is 2.13. The summed E-state index contributed by atoms with van der Waals surface area (Å²) in [7, 11) is 0. The zero-order valence-corrected chi connectivity index (χ0v) is 38.9. The fourth-order valence-electron chi connectivity index (χ4n) is 6.04. The molecule has 342 valence electrons. The highest BCUT2D eigenvalue weighted by atomic mass is 16.6. The number of carbonyl (C=O) groups is 3. The lowest BCUT2D eigenvalue weighted by molar-refractivity contribution is -0.167. The van der Waals surface area contributed by atoms with Gasteiger partial charge in [0, 0.05) is 19.3 Å². The van der Waals surface area contributed by atoms with E-state index in [4.69, 9.17) is 14.2 Å². The molecule has 6 nitrogen and oxygen atoms in total. The van der Waals surface area contributed by atoms with E-state index in [0.29, 0.717) is 19.3 Å². The topological polar surface area (TPSA) is 78.9 Å². The van der Waals surface area contributed by atoms with Crippen molar-refractivity contribution in [2.75, 3.05) is 13.2 Å². The Hall–Kier alpha value is -4.19. The Morgan fingerprint density at radius 2 is 0.721 bits per heavy atom. The van der Waals surface area contributed by atoms with Gasteiger partial charge in [0.2, 0.25) is 0 Å². The molecule has 1 unspecified atom stereocenters. The molecule has 0 aromatic heterocycles. The number of allylic oxidation sites excluding steroid dienone is 20. The van der Waals surface area contributed by atoms with Crippen LogP contribution in [0.2, 0.25) is 0 Å². The summed E-state index contributed by atoms with van der Waals surface area (Å²) in [6.07, 6.45) is 66.0. The molecule has 0 heterocycles. The first-order chi connectivity index (χ1) is 30.0. The lowest BCUT2D eigenvalue weighted by Crippen LogP contribution is -2.30. The molecule has 0 bridgehead atoms. The first-order valence-electron chi connectivity index (χ1n) is 24.1. The third-order valence-corrected chi connectivity index (χ3v) is 9.60. The van der Waals surface area contributed by atoms with Crippen LogP contribution in [0.25, 0.3) is 0 Å². The SMILES string of the molecule is CC\C=C/C=C\C=C/CCCCCCCC(=O)OC(COC(=O)CCCCCCC\C=C/C=C\C=C/C=C\C=C/CCC)COC(=O)CCCCCCC/C=C\C/C=C\CC. The van der Waals surface area contributed by atoms with Crippen molar-refractivity contribution in [2.45, 2.75) is 194 Å². The van der Waals surface area contributed by atoms with Crippen molar-refractivity contribution in [3.8, 4) is 0 Å². The van der Waals surface area contributed by atoms with E-state index < -0.39 is 6.10 Å². The van der Waals surface area contributed by atoms with Crippen molar-refractivity contribution >= 4 is 17.9 Å². The third-order valence-electron chi connectivity index (χ3n) is 9.60. The van der Waals surface area contributed by atoms with Crippen molar-refractivity contribution in [3.05, 3.63) is 122 Å². The minimum Gasteiger partial charge on any atom is -0.462 e. The van der Waals surface area contributed by atoms with Crippen molar-refractivity contribution in [1.29, 1.82) is 0 Å². The third kappa shape index (κ3) is 46.7. The number of hydrogen-bond acceptors (Lipinski definition) is 6. The van der Waals surface area contributed by atoms with Crippen LogP contribution in [-0.4, -0.2) is 37.2 Å². The van der Waals surface area contributed by atoms with Gasteiger partial charge < -0.3 is 14.2 Å². The zero-order chi connectivity index (χ0) is 44.4. The van der Waals surface area contributed by atoms with E-state index >= 15 is 0 Å². The second-order valence-electron chi connectivity index (χ2n) is 15.4. The molecule has 0 amide bonds. The van der Waals surface area contributed by atoms with Crippen LogP contribution in [0.15, 0.2) is 122 Å². The average molecular weight is 843 g/mol. The van der Waals surface area contributed by atoms with Crippen LogP contribution in [0.4, 0.5) is 0 Å². The van der Waals surface area contributed by atoms with Crippen LogP contribution in [0.5, 0.6) is 0 Å². The van der Waals surface area contributed by atoms with Gasteiger partial charge in [-0.1, -0.05) is 206 Å². The summed E-state index contributed by atoms with van der Waals surface area (Å²) in [5.74, 6) is -0.978. The molecule has 0 radical (unpaired) electrons. The number of unbranched alkanes of at least 4 members (excludes halogenated alkanes) is 16. The first kappa shape index (κ1) is 56.8. The Morgan fingerprint density at radius 3 is 1.18 bits per heavy atom. The standard InChI is InChI=1S/C55H86O6/c1-4-7-10-13-16-19-22-25-26-27-28-29-31-33-36-39-42-45-48-54(57)60-51-52(50-59-53(56)47-44-41-38-35-32-24-21-18-15-12-9-6-3)61-55(58)49-46-43-40-37-34-30-23-20-17-14-11-8-5-2/h8-14,16-23,25-29,52H,4-7,15,24,30-51H2,1-3H3/b11-8-,12-9-,13-10-,17-14-,19-16-,21-18-,23-20-,25-22-,27-26-,29-28-. The van der Waals surface area contributed by atoms with Crippen molar-refractivity contribution in [3.63, 3.8) is 0 Å². The van der Waals surface area contributed by atoms with Gasteiger partial charge in [0.05, 0.1) is 0 Å². The predicted molar refractivity (Wildman–Crippen MR) is 260 cm³/mol. The quantitative estimate of drug-likeness (QED) is 0.0201. The van der Waals surface area contributed by atoms with Gasteiger partial charge in [0.25, 0.3) is 0 Å². The van der Waals surface area contributed by atoms with Gasteiger partial charge >= 0.3 is 17.9 Å². The molecule has 0 saturated heterocycles. The highest BCUT2D eigenvalue weighted by Gasteiger charge is 2.19. The largest absolute Gasteiger partial charge is 0.462 e. The highest BCUT2D eigenvalue weighted by molar-refractivity contribution is 5.71. The van der Waals surface area contributed by atoms with Crippen molar-refractivity contribution in [1.82, 2.24) is 0 Å². The number of ether oxygens (including phenoxy) is 3. The number of rotatable bonds is 41. The number of esters is 3. The molecule has 1 atom stereocenters. The fraction of sp³-hybridized carbons (Fsp3) is 0.582. The molecule has 0 N–H and O–H groups in total. The van der Waals surface area contributed by atoms with Gasteiger partial charge in [-0.25, -0.2) is 0 Å². The molecule has 6 heteroatoms. The van der Waals surface area contributed by atoms with Gasteiger partial charge in [-0.2, -0.15) is 0 Å². The van der Waals surface area contributed by atoms with E-state index in [2.05, 4.69) is 99.8 Å². The van der Waals surface area contributed by atoms with E-state index in [1.165, 1.54) is 6.42 Å². The van der Waals surface area contributed by atoms with Gasteiger partial charge in [-0.15, -0.1) is 0 Å². The van der Waals surface area contributed by atoms with Gasteiger partial charge in [-0.05, 0) is 83.5 Å². The molecule has 0 fully saturated rings. The summed E-state index contributed by atoms with van der Waals surface area (Å²) >= 11 is 0. The van der Waals surface area contributed by atoms with Crippen LogP contribution >= 0.6 is 0 Å². The van der Waals surface area contributed by atoms with Crippen LogP contribution in [0.1, 0.15) is 188 Å². The van der Waals surface area contributed by atoms with E-state index in [0.717, 1.165) is 141 Å². The smallest absolute Gasteiger partial charge is 0.306 e. The maximum absolute atomic E-state index is 12.8. The minimum atomic E-state index is -0.808.